The van der Waals surface area contributed by atoms with Crippen molar-refractivity contribution in [2.45, 2.75) is 64.7 Å². The molecule has 1 aromatic heterocycles. The van der Waals surface area contributed by atoms with Crippen LogP contribution >= 0.6 is 0 Å². The number of carbonyl (C=O) groups is 1. The van der Waals surface area contributed by atoms with Crippen molar-refractivity contribution in [2.24, 2.45) is 11.8 Å². The molecule has 2 aliphatic carbocycles. The lowest BCUT2D eigenvalue weighted by molar-refractivity contribution is 0.0810. The van der Waals surface area contributed by atoms with Gasteiger partial charge in [0, 0.05) is 23.0 Å². The third-order valence-electron chi connectivity index (χ3n) is 6.38. The molecule has 1 aromatic carbocycles. The van der Waals surface area contributed by atoms with E-state index in [1.54, 1.807) is 4.68 Å². The quantitative estimate of drug-likeness (QED) is 0.611. The van der Waals surface area contributed by atoms with E-state index in [9.17, 15) is 4.79 Å². The third-order valence-corrected chi connectivity index (χ3v) is 6.38. The Balaban J connectivity index is 1.88. The van der Waals surface area contributed by atoms with Crippen molar-refractivity contribution in [2.75, 3.05) is 0 Å². The molecule has 1 heterocycles. The fourth-order valence-electron chi connectivity index (χ4n) is 4.79. The number of hydrogen-bond acceptors (Lipinski definition) is 2. The fraction of sp³-hybridized carbons (Fsp3) is 0.500. The molecule has 0 saturated heterocycles. The van der Waals surface area contributed by atoms with Gasteiger partial charge in [0.2, 0.25) is 0 Å². The molecule has 0 aliphatic heterocycles. The zero-order chi connectivity index (χ0) is 19.0. The Hall–Kier alpha value is -2.16. The summed E-state index contributed by atoms with van der Waals surface area (Å²) in [5, 5.41) is 5.00. The largest absolute Gasteiger partial charge is 0.272 e. The fourth-order valence-corrected chi connectivity index (χ4v) is 4.79. The van der Waals surface area contributed by atoms with Crippen molar-refractivity contribution in [3.05, 3.63) is 53.7 Å². The van der Waals surface area contributed by atoms with E-state index in [0.29, 0.717) is 17.8 Å². The number of nitrogens with zero attached hydrogens (tertiary/aromatic N) is 2. The van der Waals surface area contributed by atoms with E-state index in [1.165, 1.54) is 17.7 Å². The zero-order valence-corrected chi connectivity index (χ0v) is 16.7. The lowest BCUT2D eigenvalue weighted by Crippen LogP contribution is -2.24. The first-order valence-electron chi connectivity index (χ1n) is 10.4. The van der Waals surface area contributed by atoms with Crippen LogP contribution in [-0.4, -0.2) is 15.7 Å². The van der Waals surface area contributed by atoms with Gasteiger partial charge in [-0.3, -0.25) is 4.79 Å². The topological polar surface area (TPSA) is 34.9 Å². The summed E-state index contributed by atoms with van der Waals surface area (Å²) in [6.45, 7) is 6.85. The molecule has 0 fully saturated rings. The van der Waals surface area contributed by atoms with Crippen LogP contribution < -0.4 is 0 Å². The van der Waals surface area contributed by atoms with Gasteiger partial charge in [0.15, 0.2) is 0 Å². The number of allylic oxidation sites excluding steroid dienone is 2. The zero-order valence-electron chi connectivity index (χ0n) is 16.7. The van der Waals surface area contributed by atoms with Crippen LogP contribution in [-0.2, 0) is 0 Å². The monoisotopic (exact) mass is 362 g/mol. The Morgan fingerprint density at radius 2 is 1.89 bits per heavy atom. The predicted octanol–water partition coefficient (Wildman–Crippen LogP) is 6.18. The average molecular weight is 363 g/mol. The van der Waals surface area contributed by atoms with E-state index >= 15 is 0 Å². The highest BCUT2D eigenvalue weighted by molar-refractivity contribution is 5.87. The van der Waals surface area contributed by atoms with Crippen LogP contribution in [0, 0.1) is 11.8 Å². The number of hydrogen-bond donors (Lipinski definition) is 0. The Morgan fingerprint density at radius 1 is 1.11 bits per heavy atom. The second-order valence-corrected chi connectivity index (χ2v) is 8.57. The molecule has 4 rings (SSSR count). The minimum atomic E-state index is 0.0478. The van der Waals surface area contributed by atoms with Gasteiger partial charge in [-0.1, -0.05) is 63.3 Å². The number of carbonyl (C=O) groups excluding carboxylic acids is 1. The van der Waals surface area contributed by atoms with Crippen LogP contribution in [0.3, 0.4) is 0 Å². The van der Waals surface area contributed by atoms with Gasteiger partial charge >= 0.3 is 0 Å². The van der Waals surface area contributed by atoms with Gasteiger partial charge in [-0.2, -0.15) is 9.78 Å². The van der Waals surface area contributed by atoms with Crippen LogP contribution in [0.5, 0.6) is 0 Å². The second-order valence-electron chi connectivity index (χ2n) is 8.57. The molecule has 2 aromatic rings. The summed E-state index contributed by atoms with van der Waals surface area (Å²) < 4.78 is 1.78. The summed E-state index contributed by atoms with van der Waals surface area (Å²) in [7, 11) is 0. The van der Waals surface area contributed by atoms with Crippen LogP contribution in [0.2, 0.25) is 0 Å². The molecular weight excluding hydrogens is 332 g/mol. The van der Waals surface area contributed by atoms with Crippen molar-refractivity contribution in [1.82, 2.24) is 9.78 Å². The second kappa shape index (κ2) is 7.46. The SMILES string of the molecule is CC(C)[C@@H]1CC[C@@H](C)c2c1nn(C(=O)[C@H]1CC=CCC1)c2-c1ccccc1. The first-order valence-corrected chi connectivity index (χ1v) is 10.4. The smallest absolute Gasteiger partial charge is 0.250 e. The molecule has 0 N–H and O–H groups in total. The summed E-state index contributed by atoms with van der Waals surface area (Å²) in [5.74, 6) is 1.64. The first kappa shape index (κ1) is 18.2. The Morgan fingerprint density at radius 3 is 2.56 bits per heavy atom. The molecule has 0 saturated carbocycles. The molecule has 0 spiro atoms. The minimum Gasteiger partial charge on any atom is -0.272 e. The summed E-state index contributed by atoms with van der Waals surface area (Å²) in [4.78, 5) is 13.5. The average Bonchev–Trinajstić information content (AvgIpc) is 3.10. The number of benzene rings is 1. The van der Waals surface area contributed by atoms with E-state index in [2.05, 4.69) is 57.2 Å². The highest BCUT2D eigenvalue weighted by Crippen LogP contribution is 2.46. The van der Waals surface area contributed by atoms with E-state index in [0.717, 1.165) is 36.9 Å². The van der Waals surface area contributed by atoms with Gasteiger partial charge in [0.25, 0.3) is 5.91 Å². The van der Waals surface area contributed by atoms with Gasteiger partial charge < -0.3 is 0 Å². The summed E-state index contributed by atoms with van der Waals surface area (Å²) in [6.07, 6.45) is 9.42. The van der Waals surface area contributed by atoms with Gasteiger partial charge in [0.1, 0.15) is 0 Å². The van der Waals surface area contributed by atoms with Crippen molar-refractivity contribution in [3.8, 4) is 11.3 Å². The summed E-state index contributed by atoms with van der Waals surface area (Å²) >= 11 is 0. The van der Waals surface area contributed by atoms with Gasteiger partial charge in [-0.25, -0.2) is 0 Å². The molecule has 142 valence electrons. The maximum atomic E-state index is 13.5. The maximum absolute atomic E-state index is 13.5. The van der Waals surface area contributed by atoms with E-state index in [4.69, 9.17) is 5.10 Å². The van der Waals surface area contributed by atoms with Crippen LogP contribution in [0.15, 0.2) is 42.5 Å². The summed E-state index contributed by atoms with van der Waals surface area (Å²) in [5.41, 5.74) is 4.64. The van der Waals surface area contributed by atoms with Gasteiger partial charge in [-0.05, 0) is 43.9 Å². The van der Waals surface area contributed by atoms with Crippen LogP contribution in [0.1, 0.15) is 80.8 Å². The highest BCUT2D eigenvalue weighted by Gasteiger charge is 2.36. The standard InChI is InChI=1S/C24H30N2O/c1-16(2)20-15-14-17(3)21-22(20)25-26(23(21)18-10-6-4-7-11-18)24(27)19-12-8-5-9-13-19/h4-8,10-11,16-17,19-20H,9,12-15H2,1-3H3/t17-,19+,20+/m1/s1. The van der Waals surface area contributed by atoms with Gasteiger partial charge in [-0.15, -0.1) is 0 Å². The Bertz CT molecular complexity index is 847. The molecule has 3 heteroatoms. The molecule has 0 unspecified atom stereocenters. The van der Waals surface area contributed by atoms with Crippen LogP contribution in [0.25, 0.3) is 11.3 Å². The molecule has 3 nitrogen and oxygen atoms in total. The normalized spacial score (nSPS) is 24.8. The molecule has 3 atom stereocenters. The molecule has 2 aliphatic rings. The van der Waals surface area contributed by atoms with E-state index < -0.39 is 0 Å². The lowest BCUT2D eigenvalue weighted by atomic mass is 9.75. The number of rotatable bonds is 3. The Kier molecular flexibility index (Phi) is 5.03. The first-order chi connectivity index (χ1) is 13.1. The highest BCUT2D eigenvalue weighted by atomic mass is 16.2. The van der Waals surface area contributed by atoms with Crippen molar-refractivity contribution in [1.29, 1.82) is 0 Å². The number of fused-ring (bicyclic) bond motifs is 1. The van der Waals surface area contributed by atoms with Crippen molar-refractivity contribution >= 4 is 5.91 Å². The van der Waals surface area contributed by atoms with Crippen LogP contribution in [0.4, 0.5) is 0 Å². The lowest BCUT2D eigenvalue weighted by Gasteiger charge is -2.28. The predicted molar refractivity (Wildman–Crippen MR) is 110 cm³/mol. The molecule has 27 heavy (non-hydrogen) atoms. The van der Waals surface area contributed by atoms with Crippen molar-refractivity contribution < 1.29 is 4.79 Å². The van der Waals surface area contributed by atoms with Gasteiger partial charge in [0.05, 0.1) is 11.4 Å². The maximum Gasteiger partial charge on any atom is 0.250 e. The Labute approximate surface area is 162 Å². The van der Waals surface area contributed by atoms with E-state index in [-0.39, 0.29) is 11.8 Å². The number of aromatic nitrogens is 2. The summed E-state index contributed by atoms with van der Waals surface area (Å²) in [6, 6.07) is 10.4. The molecule has 0 amide bonds. The van der Waals surface area contributed by atoms with Crippen molar-refractivity contribution in [3.63, 3.8) is 0 Å². The van der Waals surface area contributed by atoms with E-state index in [1.807, 2.05) is 6.07 Å². The third kappa shape index (κ3) is 3.28. The molecule has 0 bridgehead atoms. The minimum absolute atomic E-state index is 0.0478. The molecular formula is C24H30N2O. The molecule has 0 radical (unpaired) electrons.